The number of methoxy groups -OCH3 is 2. The molecule has 0 aliphatic rings. The molecule has 0 unspecified atom stereocenters. The number of ether oxygens (including phenoxy) is 2. The van der Waals surface area contributed by atoms with Gasteiger partial charge < -0.3 is 13.9 Å². The molecule has 0 fully saturated rings. The summed E-state index contributed by atoms with van der Waals surface area (Å²) in [5, 5.41) is 10.5. The third-order valence-electron chi connectivity index (χ3n) is 3.91. The largest absolute Gasteiger partial charge is 0.497 e. The summed E-state index contributed by atoms with van der Waals surface area (Å²) in [6.45, 7) is 2.10. The maximum absolute atomic E-state index is 12.3. The molecule has 1 amide bonds. The van der Waals surface area contributed by atoms with E-state index in [4.69, 9.17) is 13.9 Å². The summed E-state index contributed by atoms with van der Waals surface area (Å²) in [6.07, 6.45) is 0.220. The van der Waals surface area contributed by atoms with E-state index in [2.05, 4.69) is 22.4 Å². The first-order valence-corrected chi connectivity index (χ1v) is 9.69. The number of nitrogens with one attached hydrogen (secondary N) is 1. The van der Waals surface area contributed by atoms with Crippen molar-refractivity contribution in [3.63, 3.8) is 0 Å². The monoisotopic (exact) mass is 399 g/mol. The first-order chi connectivity index (χ1) is 13.6. The molecular formula is C20H21N3O4S. The fraction of sp³-hybridized carbons (Fsp3) is 0.250. The van der Waals surface area contributed by atoms with Gasteiger partial charge in [-0.1, -0.05) is 24.2 Å². The molecule has 0 aliphatic carbocycles. The van der Waals surface area contributed by atoms with Crippen LogP contribution >= 0.6 is 11.8 Å². The van der Waals surface area contributed by atoms with Crippen LogP contribution in [-0.4, -0.2) is 36.1 Å². The minimum atomic E-state index is -0.233. The molecule has 0 spiro atoms. The Morgan fingerprint density at radius 1 is 1.11 bits per heavy atom. The number of carbonyl (C=O) groups excluding carboxylic acids is 1. The summed E-state index contributed by atoms with van der Waals surface area (Å²) in [7, 11) is 3.12. The molecule has 1 heterocycles. The molecule has 2 aromatic carbocycles. The molecule has 7 nitrogen and oxygen atoms in total. The van der Waals surface area contributed by atoms with Crippen molar-refractivity contribution in [1.82, 2.24) is 10.2 Å². The number of anilines is 1. The van der Waals surface area contributed by atoms with Gasteiger partial charge in [-0.05, 0) is 41.6 Å². The highest BCUT2D eigenvalue weighted by Crippen LogP contribution is 2.33. The summed E-state index contributed by atoms with van der Waals surface area (Å²) in [4.78, 5) is 13.5. The van der Waals surface area contributed by atoms with Crippen LogP contribution in [0.1, 0.15) is 12.5 Å². The minimum absolute atomic E-state index is 0.0306. The standard InChI is InChI=1S/C20H21N3O4S/c1-4-28-15-8-5-13(6-9-15)11-18(24)21-20-23-22-19(27-20)16-12-14(25-2)7-10-17(16)26-3/h5-10,12H,4,11H2,1-3H3,(H,21,23,24). The third-order valence-corrected chi connectivity index (χ3v) is 4.80. The van der Waals surface area contributed by atoms with Gasteiger partial charge in [-0.2, -0.15) is 0 Å². The molecule has 0 bridgehead atoms. The Kier molecular flexibility index (Phi) is 6.54. The second-order valence-electron chi connectivity index (χ2n) is 5.78. The van der Waals surface area contributed by atoms with Gasteiger partial charge in [0.2, 0.25) is 5.91 Å². The molecule has 3 aromatic rings. The lowest BCUT2D eigenvalue weighted by molar-refractivity contribution is -0.115. The average molecular weight is 399 g/mol. The fourth-order valence-electron chi connectivity index (χ4n) is 2.58. The average Bonchev–Trinajstić information content (AvgIpc) is 3.17. The topological polar surface area (TPSA) is 86.5 Å². The van der Waals surface area contributed by atoms with Crippen molar-refractivity contribution < 1.29 is 18.7 Å². The Morgan fingerprint density at radius 3 is 2.57 bits per heavy atom. The van der Waals surface area contributed by atoms with Gasteiger partial charge in [0.25, 0.3) is 5.89 Å². The van der Waals surface area contributed by atoms with Crippen LogP contribution in [-0.2, 0) is 11.2 Å². The molecular weight excluding hydrogens is 378 g/mol. The van der Waals surface area contributed by atoms with Crippen LogP contribution < -0.4 is 14.8 Å². The first-order valence-electron chi connectivity index (χ1n) is 8.70. The number of benzene rings is 2. The maximum atomic E-state index is 12.3. The highest BCUT2D eigenvalue weighted by molar-refractivity contribution is 7.99. The van der Waals surface area contributed by atoms with E-state index >= 15 is 0 Å². The van der Waals surface area contributed by atoms with Crippen molar-refractivity contribution in [3.8, 4) is 23.0 Å². The minimum Gasteiger partial charge on any atom is -0.497 e. The second kappa shape index (κ2) is 9.27. The number of thioether (sulfide) groups is 1. The molecule has 1 N–H and O–H groups in total. The summed E-state index contributed by atoms with van der Waals surface area (Å²) in [6, 6.07) is 13.2. The summed E-state index contributed by atoms with van der Waals surface area (Å²) < 4.78 is 16.1. The zero-order chi connectivity index (χ0) is 19.9. The van der Waals surface area contributed by atoms with E-state index in [-0.39, 0.29) is 24.2 Å². The van der Waals surface area contributed by atoms with Gasteiger partial charge in [0.1, 0.15) is 11.5 Å². The molecule has 0 saturated carbocycles. The highest BCUT2D eigenvalue weighted by atomic mass is 32.2. The van der Waals surface area contributed by atoms with Gasteiger partial charge in [0.05, 0.1) is 26.2 Å². The van der Waals surface area contributed by atoms with Crippen LogP contribution in [0, 0.1) is 0 Å². The molecule has 28 heavy (non-hydrogen) atoms. The Labute approximate surface area is 167 Å². The molecule has 0 atom stereocenters. The zero-order valence-corrected chi connectivity index (χ0v) is 16.7. The van der Waals surface area contributed by atoms with Crippen LogP contribution in [0.3, 0.4) is 0 Å². The number of carbonyl (C=O) groups is 1. The highest BCUT2D eigenvalue weighted by Gasteiger charge is 2.16. The van der Waals surface area contributed by atoms with E-state index in [1.807, 2.05) is 24.3 Å². The summed E-state index contributed by atoms with van der Waals surface area (Å²) in [5.41, 5.74) is 1.49. The van der Waals surface area contributed by atoms with E-state index in [1.54, 1.807) is 44.2 Å². The van der Waals surface area contributed by atoms with Gasteiger partial charge in [-0.25, -0.2) is 0 Å². The van der Waals surface area contributed by atoms with Crippen LogP contribution in [0.25, 0.3) is 11.5 Å². The number of hydrogen-bond acceptors (Lipinski definition) is 7. The molecule has 0 radical (unpaired) electrons. The van der Waals surface area contributed by atoms with Gasteiger partial charge in [-0.3, -0.25) is 10.1 Å². The van der Waals surface area contributed by atoms with Crippen LogP contribution in [0.4, 0.5) is 6.01 Å². The van der Waals surface area contributed by atoms with E-state index in [0.29, 0.717) is 17.1 Å². The Balaban J connectivity index is 1.68. The van der Waals surface area contributed by atoms with E-state index in [0.717, 1.165) is 11.3 Å². The number of rotatable bonds is 8. The van der Waals surface area contributed by atoms with E-state index < -0.39 is 0 Å². The van der Waals surface area contributed by atoms with Gasteiger partial charge in [-0.15, -0.1) is 16.9 Å². The SMILES string of the molecule is CCSc1ccc(CC(=O)Nc2nnc(-c3cc(OC)ccc3OC)o2)cc1. The van der Waals surface area contributed by atoms with Crippen molar-refractivity contribution >= 4 is 23.7 Å². The quantitative estimate of drug-likeness (QED) is 0.572. The van der Waals surface area contributed by atoms with E-state index in [1.165, 1.54) is 4.90 Å². The summed E-state index contributed by atoms with van der Waals surface area (Å²) >= 11 is 1.76. The Hall–Kier alpha value is -3.00. The van der Waals surface area contributed by atoms with Crippen molar-refractivity contribution in [2.75, 3.05) is 25.3 Å². The Morgan fingerprint density at radius 2 is 1.89 bits per heavy atom. The fourth-order valence-corrected chi connectivity index (χ4v) is 3.24. The third kappa shape index (κ3) is 4.83. The predicted octanol–water partition coefficient (Wildman–Crippen LogP) is 4.05. The predicted molar refractivity (Wildman–Crippen MR) is 108 cm³/mol. The smallest absolute Gasteiger partial charge is 0.322 e. The molecule has 146 valence electrons. The Bertz CT molecular complexity index is 941. The maximum Gasteiger partial charge on any atom is 0.322 e. The lowest BCUT2D eigenvalue weighted by Gasteiger charge is -2.07. The van der Waals surface area contributed by atoms with Crippen molar-refractivity contribution in [2.24, 2.45) is 0 Å². The van der Waals surface area contributed by atoms with Crippen molar-refractivity contribution in [1.29, 1.82) is 0 Å². The lowest BCUT2D eigenvalue weighted by Crippen LogP contribution is -2.14. The normalized spacial score (nSPS) is 10.5. The van der Waals surface area contributed by atoms with E-state index in [9.17, 15) is 4.79 Å². The molecule has 8 heteroatoms. The number of nitrogens with zero attached hydrogens (tertiary/aromatic N) is 2. The molecule has 0 saturated heterocycles. The van der Waals surface area contributed by atoms with Crippen LogP contribution in [0.5, 0.6) is 11.5 Å². The number of hydrogen-bond donors (Lipinski definition) is 1. The number of aromatic nitrogens is 2. The number of amides is 1. The van der Waals surface area contributed by atoms with Gasteiger partial charge in [0, 0.05) is 4.90 Å². The first kappa shape index (κ1) is 19.8. The van der Waals surface area contributed by atoms with Crippen molar-refractivity contribution in [2.45, 2.75) is 18.2 Å². The van der Waals surface area contributed by atoms with Crippen LogP contribution in [0.15, 0.2) is 51.8 Å². The van der Waals surface area contributed by atoms with Crippen LogP contribution in [0.2, 0.25) is 0 Å². The van der Waals surface area contributed by atoms with Crippen molar-refractivity contribution in [3.05, 3.63) is 48.0 Å². The molecule has 3 rings (SSSR count). The zero-order valence-electron chi connectivity index (χ0n) is 15.9. The lowest BCUT2D eigenvalue weighted by atomic mass is 10.1. The van der Waals surface area contributed by atoms with Gasteiger partial charge >= 0.3 is 6.01 Å². The molecule has 0 aliphatic heterocycles. The molecule has 1 aromatic heterocycles. The second-order valence-corrected chi connectivity index (χ2v) is 7.12. The van der Waals surface area contributed by atoms with Gasteiger partial charge in [0.15, 0.2) is 0 Å². The summed E-state index contributed by atoms with van der Waals surface area (Å²) in [5.74, 6) is 2.20.